The minimum Gasteiger partial charge on any atom is -0.454 e. The van der Waals surface area contributed by atoms with Gasteiger partial charge in [-0.1, -0.05) is 6.07 Å². The van der Waals surface area contributed by atoms with E-state index in [0.29, 0.717) is 11.5 Å². The van der Waals surface area contributed by atoms with Crippen molar-refractivity contribution in [2.45, 2.75) is 18.4 Å². The molecule has 1 aromatic carbocycles. The highest BCUT2D eigenvalue weighted by Gasteiger charge is 2.49. The molecule has 2 aliphatic rings. The lowest BCUT2D eigenvalue weighted by Crippen LogP contribution is -2.62. The van der Waals surface area contributed by atoms with E-state index < -0.39 is 11.5 Å². The molecule has 1 amide bonds. The number of hydrogen-bond acceptors (Lipinski definition) is 6. The molecule has 2 aliphatic heterocycles. The minimum absolute atomic E-state index is 0.0727. The topological polar surface area (TPSA) is 87.5 Å². The van der Waals surface area contributed by atoms with Crippen LogP contribution in [0.2, 0.25) is 0 Å². The van der Waals surface area contributed by atoms with Gasteiger partial charge in [0.05, 0.1) is 11.5 Å². The van der Waals surface area contributed by atoms with Gasteiger partial charge in [0, 0.05) is 34.4 Å². The first-order valence-electron chi connectivity index (χ1n) is 9.60. The maximum atomic E-state index is 13.4. The van der Waals surface area contributed by atoms with Crippen molar-refractivity contribution in [2.24, 2.45) is 0 Å². The van der Waals surface area contributed by atoms with Gasteiger partial charge in [0.25, 0.3) is 0 Å². The molecule has 1 fully saturated rings. The molecule has 2 aromatic heterocycles. The van der Waals surface area contributed by atoms with Crippen LogP contribution in [0.1, 0.15) is 23.3 Å². The Hall–Kier alpha value is -2.91. The second-order valence-corrected chi connectivity index (χ2v) is 9.54. The number of halogens is 1. The van der Waals surface area contributed by atoms with Crippen molar-refractivity contribution in [3.8, 4) is 22.6 Å². The number of amides is 1. The van der Waals surface area contributed by atoms with E-state index in [-0.39, 0.29) is 18.7 Å². The van der Waals surface area contributed by atoms with Crippen LogP contribution in [0, 0.1) is 5.41 Å². The summed E-state index contributed by atoms with van der Waals surface area (Å²) in [6.45, 7) is 2.14. The van der Waals surface area contributed by atoms with E-state index in [2.05, 4.69) is 37.7 Å². The van der Waals surface area contributed by atoms with Crippen LogP contribution < -0.4 is 14.8 Å². The number of aromatic nitrogens is 1. The highest BCUT2D eigenvalue weighted by atomic mass is 79.9. The maximum absolute atomic E-state index is 13.4. The summed E-state index contributed by atoms with van der Waals surface area (Å²) in [5, 5.41) is 13.7. The van der Waals surface area contributed by atoms with Crippen LogP contribution in [0.4, 0.5) is 0 Å². The molecule has 2 N–H and O–H groups in total. The molecule has 31 heavy (non-hydrogen) atoms. The van der Waals surface area contributed by atoms with Crippen LogP contribution in [0.15, 0.2) is 52.6 Å². The summed E-state index contributed by atoms with van der Waals surface area (Å²) < 4.78 is 11.9. The molecule has 9 heteroatoms. The second kappa shape index (κ2) is 7.35. The van der Waals surface area contributed by atoms with E-state index in [4.69, 9.17) is 14.9 Å². The number of carbonyl (C=O) groups is 1. The van der Waals surface area contributed by atoms with E-state index >= 15 is 0 Å². The number of carbonyl (C=O) groups excluding carboxylic acids is 1. The van der Waals surface area contributed by atoms with Gasteiger partial charge in [-0.05, 0) is 63.6 Å². The molecule has 0 spiro atoms. The summed E-state index contributed by atoms with van der Waals surface area (Å²) in [4.78, 5) is 20.0. The fraction of sp³-hybridized carbons (Fsp3) is 0.227. The number of nitrogens with zero attached hydrogens (tertiary/aromatic N) is 2. The summed E-state index contributed by atoms with van der Waals surface area (Å²) in [6.07, 6.45) is 3.55. The molecular weight excluding hydrogens is 480 g/mol. The number of hydrogen-bond donors (Lipinski definition) is 2. The average Bonchev–Trinajstić information content (AvgIpc) is 3.42. The number of thiophene rings is 1. The monoisotopic (exact) mass is 498 g/mol. The average molecular weight is 499 g/mol. The molecule has 7 nitrogen and oxygen atoms in total. The lowest BCUT2D eigenvalue weighted by molar-refractivity contribution is -0.131. The van der Waals surface area contributed by atoms with Gasteiger partial charge in [0.15, 0.2) is 17.5 Å². The predicted molar refractivity (Wildman–Crippen MR) is 122 cm³/mol. The van der Waals surface area contributed by atoms with Crippen LogP contribution >= 0.6 is 27.3 Å². The molecular formula is C22H19BrN4O3S. The summed E-state index contributed by atoms with van der Waals surface area (Å²) >= 11 is 5.02. The van der Waals surface area contributed by atoms with E-state index in [0.717, 1.165) is 26.0 Å². The zero-order valence-corrected chi connectivity index (χ0v) is 19.2. The van der Waals surface area contributed by atoms with Gasteiger partial charge in [-0.3, -0.25) is 20.1 Å². The summed E-state index contributed by atoms with van der Waals surface area (Å²) in [6, 6.07) is 9.66. The van der Waals surface area contributed by atoms with Gasteiger partial charge in [-0.15, -0.1) is 11.3 Å². The van der Waals surface area contributed by atoms with Crippen molar-refractivity contribution in [2.75, 3.05) is 13.8 Å². The molecule has 5 rings (SSSR count). The lowest BCUT2D eigenvalue weighted by atomic mass is 9.76. The second-order valence-electron chi connectivity index (χ2n) is 7.71. The Morgan fingerprint density at radius 3 is 2.84 bits per heavy atom. The van der Waals surface area contributed by atoms with Crippen LogP contribution in [0.25, 0.3) is 11.1 Å². The van der Waals surface area contributed by atoms with Crippen molar-refractivity contribution in [1.82, 2.24) is 15.2 Å². The molecule has 0 radical (unpaired) electrons. The van der Waals surface area contributed by atoms with Crippen LogP contribution in [-0.2, 0) is 10.3 Å². The van der Waals surface area contributed by atoms with Gasteiger partial charge >= 0.3 is 0 Å². The molecule has 1 unspecified atom stereocenters. The van der Waals surface area contributed by atoms with Crippen LogP contribution in [0.5, 0.6) is 11.5 Å². The number of pyridine rings is 1. The highest BCUT2D eigenvalue weighted by molar-refractivity contribution is 9.10. The number of likely N-dealkylation sites (N-methyl/N-ethyl adjacent to an activating group) is 1. The molecule has 3 aromatic rings. The molecule has 0 aliphatic carbocycles. The third-order valence-electron chi connectivity index (χ3n) is 5.75. The van der Waals surface area contributed by atoms with Crippen molar-refractivity contribution in [3.63, 3.8) is 0 Å². The van der Waals surface area contributed by atoms with Gasteiger partial charge in [-0.2, -0.15) is 0 Å². The fourth-order valence-electron chi connectivity index (χ4n) is 4.05. The van der Waals surface area contributed by atoms with Crippen molar-refractivity contribution in [3.05, 3.63) is 63.0 Å². The zero-order valence-electron chi connectivity index (χ0n) is 16.8. The summed E-state index contributed by atoms with van der Waals surface area (Å²) in [7, 11) is 1.62. The van der Waals surface area contributed by atoms with Crippen LogP contribution in [0.3, 0.4) is 0 Å². The van der Waals surface area contributed by atoms with E-state index in [1.54, 1.807) is 24.6 Å². The maximum Gasteiger partial charge on any atom is 0.239 e. The first kappa shape index (κ1) is 20.0. The largest absolute Gasteiger partial charge is 0.454 e. The molecule has 0 bridgehead atoms. The number of guanidine groups is 1. The molecule has 2 atom stereocenters. The lowest BCUT2D eigenvalue weighted by Gasteiger charge is -2.45. The summed E-state index contributed by atoms with van der Waals surface area (Å²) in [5.74, 6) is 0.673. The van der Waals surface area contributed by atoms with Gasteiger partial charge in [0.2, 0.25) is 12.7 Å². The highest BCUT2D eigenvalue weighted by Crippen LogP contribution is 2.46. The Kier molecular flexibility index (Phi) is 4.75. The number of fused-ring (bicyclic) bond motifs is 1. The standard InChI is InChI=1S/C22H19BrN4O3S/c1-22(18-7-14(10-31-18)13-5-15(23)9-25-8-13)19(20(28)27(2)21(24)26-22)12-3-4-16-17(6-12)30-11-29-16/h3-10,19H,11H2,1-2H3,(H2,24,26)/t19?,22-/m1/s1. The zero-order chi connectivity index (χ0) is 21.8. The van der Waals surface area contributed by atoms with E-state index in [9.17, 15) is 4.79 Å². The molecule has 1 saturated heterocycles. The predicted octanol–water partition coefficient (Wildman–Crippen LogP) is 4.30. The Balaban J connectivity index is 1.60. The Bertz CT molecular complexity index is 1210. The van der Waals surface area contributed by atoms with Gasteiger partial charge < -0.3 is 14.8 Å². The van der Waals surface area contributed by atoms with Crippen molar-refractivity contribution in [1.29, 1.82) is 5.41 Å². The first-order valence-corrected chi connectivity index (χ1v) is 11.3. The van der Waals surface area contributed by atoms with Gasteiger partial charge in [-0.25, -0.2) is 0 Å². The van der Waals surface area contributed by atoms with Crippen molar-refractivity contribution < 1.29 is 14.3 Å². The Labute approximate surface area is 191 Å². The number of benzene rings is 1. The van der Waals surface area contributed by atoms with E-state index in [1.165, 1.54) is 4.90 Å². The smallest absolute Gasteiger partial charge is 0.239 e. The van der Waals surface area contributed by atoms with E-state index in [1.807, 2.05) is 37.4 Å². The SMILES string of the molecule is CN1C(=N)N[C@](C)(c2cc(-c3cncc(Br)c3)cs2)C(c2ccc3c(c2)OCO3)C1=O. The molecule has 0 saturated carbocycles. The number of nitrogens with one attached hydrogen (secondary N) is 2. The third-order valence-corrected chi connectivity index (χ3v) is 7.35. The first-order chi connectivity index (χ1) is 14.9. The Morgan fingerprint density at radius 1 is 1.23 bits per heavy atom. The van der Waals surface area contributed by atoms with Gasteiger partial charge in [0.1, 0.15) is 0 Å². The fourth-order valence-corrected chi connectivity index (χ4v) is 5.49. The molecule has 158 valence electrons. The third kappa shape index (κ3) is 3.28. The quantitative estimate of drug-likeness (QED) is 0.562. The minimum atomic E-state index is -0.809. The number of rotatable bonds is 3. The normalized spacial score (nSPS) is 22.5. The summed E-state index contributed by atoms with van der Waals surface area (Å²) in [5.41, 5.74) is 1.99. The van der Waals surface area contributed by atoms with Crippen LogP contribution in [-0.4, -0.2) is 35.6 Å². The molecule has 4 heterocycles. The number of ether oxygens (including phenoxy) is 2. The van der Waals surface area contributed by atoms with Crippen molar-refractivity contribution >= 4 is 39.1 Å². The Morgan fingerprint density at radius 2 is 2.03 bits per heavy atom.